The molecule has 1 amide bonds. The molecule has 0 unspecified atom stereocenters. The predicted molar refractivity (Wildman–Crippen MR) is 47.9 cm³/mol. The van der Waals surface area contributed by atoms with Crippen molar-refractivity contribution in [3.05, 3.63) is 22.4 Å². The highest BCUT2D eigenvalue weighted by molar-refractivity contribution is 5.92. The second-order valence-corrected chi connectivity index (χ2v) is 3.81. The lowest BCUT2D eigenvalue weighted by molar-refractivity contribution is -0.0670. The van der Waals surface area contributed by atoms with E-state index < -0.39 is 11.3 Å². The van der Waals surface area contributed by atoms with Crippen molar-refractivity contribution in [1.29, 1.82) is 0 Å². The third-order valence-electron chi connectivity index (χ3n) is 2.18. The molecule has 1 aliphatic heterocycles. The molecule has 1 aromatic rings. The molecule has 3 N–H and O–H groups in total. The van der Waals surface area contributed by atoms with E-state index in [0.29, 0.717) is 13.1 Å². The average Bonchev–Trinajstić information content (AvgIpc) is 2.46. The Morgan fingerprint density at radius 1 is 1.64 bits per heavy atom. The number of amides is 1. The number of imidazole rings is 1. The normalized spacial score (nSPS) is 19.1. The van der Waals surface area contributed by atoms with E-state index >= 15 is 0 Å². The van der Waals surface area contributed by atoms with E-state index in [-0.39, 0.29) is 11.6 Å². The second-order valence-electron chi connectivity index (χ2n) is 3.81. The molecule has 1 fully saturated rings. The number of H-pyrrole nitrogens is 2. The molecule has 1 saturated heterocycles. The van der Waals surface area contributed by atoms with Crippen LogP contribution in [0.1, 0.15) is 17.4 Å². The topological polar surface area (TPSA) is 89.2 Å². The summed E-state index contributed by atoms with van der Waals surface area (Å²) in [5, 5.41) is 9.41. The number of aromatic amines is 2. The maximum Gasteiger partial charge on any atom is 0.323 e. The minimum atomic E-state index is -0.785. The third kappa shape index (κ3) is 1.44. The smallest absolute Gasteiger partial charge is 0.323 e. The SMILES string of the molecule is CC1(O)CN(C(=O)c2c[nH]c(=O)[nH]2)C1. The number of carbonyl (C=O) groups excluding carboxylic acids is 1. The number of aromatic nitrogens is 2. The number of aliphatic hydroxyl groups is 1. The van der Waals surface area contributed by atoms with Gasteiger partial charge in [-0.05, 0) is 6.92 Å². The first-order chi connectivity index (χ1) is 6.48. The van der Waals surface area contributed by atoms with Crippen LogP contribution in [0.15, 0.2) is 11.0 Å². The van der Waals surface area contributed by atoms with Crippen LogP contribution >= 0.6 is 0 Å². The highest BCUT2D eigenvalue weighted by Gasteiger charge is 2.39. The van der Waals surface area contributed by atoms with Crippen LogP contribution in [0.2, 0.25) is 0 Å². The highest BCUT2D eigenvalue weighted by Crippen LogP contribution is 2.20. The van der Waals surface area contributed by atoms with E-state index in [4.69, 9.17) is 0 Å². The van der Waals surface area contributed by atoms with Gasteiger partial charge in [-0.1, -0.05) is 0 Å². The number of hydrogen-bond acceptors (Lipinski definition) is 3. The summed E-state index contributed by atoms with van der Waals surface area (Å²) in [6.45, 7) is 2.27. The molecule has 14 heavy (non-hydrogen) atoms. The van der Waals surface area contributed by atoms with Gasteiger partial charge in [0.05, 0.1) is 18.7 Å². The van der Waals surface area contributed by atoms with Crippen LogP contribution in [0.3, 0.4) is 0 Å². The lowest BCUT2D eigenvalue weighted by Gasteiger charge is -2.43. The minimum absolute atomic E-state index is 0.227. The molecule has 0 spiro atoms. The first-order valence-electron chi connectivity index (χ1n) is 4.27. The van der Waals surface area contributed by atoms with Crippen LogP contribution in [-0.2, 0) is 0 Å². The van der Waals surface area contributed by atoms with Gasteiger partial charge in [-0.2, -0.15) is 0 Å². The van der Waals surface area contributed by atoms with E-state index in [9.17, 15) is 14.7 Å². The van der Waals surface area contributed by atoms with Gasteiger partial charge in [0, 0.05) is 6.20 Å². The molecular formula is C8H11N3O3. The van der Waals surface area contributed by atoms with Gasteiger partial charge >= 0.3 is 5.69 Å². The van der Waals surface area contributed by atoms with Gasteiger partial charge in [0.2, 0.25) is 0 Å². The van der Waals surface area contributed by atoms with E-state index in [1.54, 1.807) is 6.92 Å². The summed E-state index contributed by atoms with van der Waals surface area (Å²) in [6.07, 6.45) is 1.33. The summed E-state index contributed by atoms with van der Waals surface area (Å²) in [5.74, 6) is -0.269. The van der Waals surface area contributed by atoms with Crippen molar-refractivity contribution < 1.29 is 9.90 Å². The number of likely N-dealkylation sites (tertiary alicyclic amines) is 1. The molecule has 0 saturated carbocycles. The molecule has 2 rings (SSSR count). The number of β-amino-alcohol motifs (C(OH)–C–C–N with tert-alkyl or cyclic N) is 1. The van der Waals surface area contributed by atoms with Crippen molar-refractivity contribution in [2.45, 2.75) is 12.5 Å². The zero-order valence-electron chi connectivity index (χ0n) is 7.70. The maximum absolute atomic E-state index is 11.6. The van der Waals surface area contributed by atoms with Gasteiger partial charge in [0.15, 0.2) is 0 Å². The molecule has 0 aliphatic carbocycles. The zero-order chi connectivity index (χ0) is 10.3. The first-order valence-corrected chi connectivity index (χ1v) is 4.27. The Kier molecular flexibility index (Phi) is 1.75. The molecule has 76 valence electrons. The van der Waals surface area contributed by atoms with Gasteiger partial charge in [-0.25, -0.2) is 4.79 Å². The molecule has 2 heterocycles. The van der Waals surface area contributed by atoms with Crippen LogP contribution in [0, 0.1) is 0 Å². The van der Waals surface area contributed by atoms with E-state index in [1.807, 2.05) is 0 Å². The molecule has 0 bridgehead atoms. The van der Waals surface area contributed by atoms with Gasteiger partial charge in [-0.3, -0.25) is 4.79 Å². The molecular weight excluding hydrogens is 186 g/mol. The van der Waals surface area contributed by atoms with Gasteiger partial charge in [-0.15, -0.1) is 0 Å². The number of rotatable bonds is 1. The predicted octanol–water partition coefficient (Wildman–Crippen LogP) is -1.09. The Hall–Kier alpha value is -1.56. The molecule has 1 aliphatic rings. The molecule has 1 aromatic heterocycles. The van der Waals surface area contributed by atoms with Gasteiger partial charge in [0.1, 0.15) is 5.69 Å². The Morgan fingerprint density at radius 3 is 2.71 bits per heavy atom. The third-order valence-corrected chi connectivity index (χ3v) is 2.18. The fraction of sp³-hybridized carbons (Fsp3) is 0.500. The van der Waals surface area contributed by atoms with Gasteiger partial charge in [0.25, 0.3) is 5.91 Å². The van der Waals surface area contributed by atoms with E-state index in [2.05, 4.69) is 9.97 Å². The molecule has 6 nitrogen and oxygen atoms in total. The fourth-order valence-electron chi connectivity index (χ4n) is 1.54. The Bertz CT molecular complexity index is 409. The Morgan fingerprint density at radius 2 is 2.29 bits per heavy atom. The summed E-state index contributed by atoms with van der Waals surface area (Å²) in [4.78, 5) is 28.5. The van der Waals surface area contributed by atoms with E-state index in [0.717, 1.165) is 0 Å². The molecule has 0 atom stereocenters. The van der Waals surface area contributed by atoms with Crippen molar-refractivity contribution in [2.24, 2.45) is 0 Å². The van der Waals surface area contributed by atoms with Crippen LogP contribution in [0.4, 0.5) is 0 Å². The minimum Gasteiger partial charge on any atom is -0.386 e. The van der Waals surface area contributed by atoms with Gasteiger partial charge < -0.3 is 20.0 Å². The lowest BCUT2D eigenvalue weighted by atomic mass is 9.97. The van der Waals surface area contributed by atoms with Crippen LogP contribution < -0.4 is 5.69 Å². The summed E-state index contributed by atoms with van der Waals surface area (Å²) in [5.41, 5.74) is -0.960. The van der Waals surface area contributed by atoms with Crippen molar-refractivity contribution >= 4 is 5.91 Å². The average molecular weight is 197 g/mol. The number of carbonyl (C=O) groups is 1. The van der Waals surface area contributed by atoms with Crippen molar-refractivity contribution in [2.75, 3.05) is 13.1 Å². The maximum atomic E-state index is 11.6. The van der Waals surface area contributed by atoms with Crippen LogP contribution in [0.5, 0.6) is 0 Å². The monoisotopic (exact) mass is 197 g/mol. The molecule has 0 radical (unpaired) electrons. The summed E-state index contributed by atoms with van der Waals surface area (Å²) in [6, 6.07) is 0. The summed E-state index contributed by atoms with van der Waals surface area (Å²) >= 11 is 0. The standard InChI is InChI=1S/C8H11N3O3/c1-8(14)3-11(4-8)6(12)5-2-9-7(13)10-5/h2,14H,3-4H2,1H3,(H2,9,10,13). The largest absolute Gasteiger partial charge is 0.386 e. The molecule has 0 aromatic carbocycles. The first kappa shape index (κ1) is 9.01. The zero-order valence-corrected chi connectivity index (χ0v) is 7.70. The fourth-order valence-corrected chi connectivity index (χ4v) is 1.54. The van der Waals surface area contributed by atoms with Crippen molar-refractivity contribution in [3.63, 3.8) is 0 Å². The highest BCUT2D eigenvalue weighted by atomic mass is 16.3. The van der Waals surface area contributed by atoms with Crippen LogP contribution in [0.25, 0.3) is 0 Å². The second kappa shape index (κ2) is 2.71. The Balaban J connectivity index is 2.08. The van der Waals surface area contributed by atoms with Crippen molar-refractivity contribution in [3.8, 4) is 0 Å². The van der Waals surface area contributed by atoms with E-state index in [1.165, 1.54) is 11.1 Å². The quantitative estimate of drug-likeness (QED) is 0.534. The summed E-state index contributed by atoms with van der Waals surface area (Å²) in [7, 11) is 0. The number of hydrogen-bond donors (Lipinski definition) is 3. The number of nitrogens with one attached hydrogen (secondary N) is 2. The molecule has 6 heteroatoms. The van der Waals surface area contributed by atoms with Crippen LogP contribution in [-0.4, -0.2) is 44.6 Å². The summed E-state index contributed by atoms with van der Waals surface area (Å²) < 4.78 is 0. The Labute approximate surface area is 79.6 Å². The van der Waals surface area contributed by atoms with Crippen molar-refractivity contribution in [1.82, 2.24) is 14.9 Å². The lowest BCUT2D eigenvalue weighted by Crippen LogP contribution is -2.61. The number of nitrogens with zero attached hydrogens (tertiary/aromatic N) is 1.